The van der Waals surface area contributed by atoms with Crippen molar-refractivity contribution >= 4 is 17.4 Å². The summed E-state index contributed by atoms with van der Waals surface area (Å²) in [7, 11) is 2.82. The lowest BCUT2D eigenvalue weighted by Crippen LogP contribution is -2.29. The quantitative estimate of drug-likeness (QED) is 0.213. The van der Waals surface area contributed by atoms with Gasteiger partial charge in [0.15, 0.2) is 23.1 Å². The summed E-state index contributed by atoms with van der Waals surface area (Å²) in [5, 5.41) is 11.2. The molecule has 1 N–H and O–H groups in total. The Morgan fingerprint density at radius 3 is 2.42 bits per heavy atom. The van der Waals surface area contributed by atoms with Crippen molar-refractivity contribution < 1.29 is 37.7 Å². The molecule has 38 heavy (non-hydrogen) atoms. The molecule has 2 aromatic carbocycles. The third-order valence-corrected chi connectivity index (χ3v) is 6.33. The summed E-state index contributed by atoms with van der Waals surface area (Å²) in [6.45, 7) is 4.67. The first-order valence-electron chi connectivity index (χ1n) is 12.2. The number of nitrogens with zero attached hydrogens (tertiary/aromatic N) is 1. The van der Waals surface area contributed by atoms with Crippen LogP contribution in [0.25, 0.3) is 5.76 Å². The molecule has 1 aromatic heterocycles. The van der Waals surface area contributed by atoms with Gasteiger partial charge in [0.2, 0.25) is 0 Å². The molecule has 9 heteroatoms. The van der Waals surface area contributed by atoms with Gasteiger partial charge in [0.05, 0.1) is 45.2 Å². The van der Waals surface area contributed by atoms with Crippen LogP contribution in [-0.2, 0) is 16.1 Å². The van der Waals surface area contributed by atoms with Gasteiger partial charge in [-0.1, -0.05) is 19.9 Å². The first kappa shape index (κ1) is 26.8. The number of hydrogen-bond acceptors (Lipinski definition) is 7. The van der Waals surface area contributed by atoms with Crippen LogP contribution < -0.4 is 14.2 Å². The van der Waals surface area contributed by atoms with E-state index in [-0.39, 0.29) is 23.4 Å². The zero-order valence-electron chi connectivity index (χ0n) is 21.7. The lowest BCUT2D eigenvalue weighted by atomic mass is 9.95. The Morgan fingerprint density at radius 1 is 1.05 bits per heavy atom. The topological polar surface area (TPSA) is 98.4 Å². The number of carbonyl (C=O) groups is 2. The highest BCUT2D eigenvalue weighted by Crippen LogP contribution is 2.43. The molecule has 1 saturated heterocycles. The predicted molar refractivity (Wildman–Crippen MR) is 137 cm³/mol. The van der Waals surface area contributed by atoms with Crippen LogP contribution in [0.5, 0.6) is 17.2 Å². The molecule has 0 saturated carbocycles. The third-order valence-electron chi connectivity index (χ3n) is 6.33. The van der Waals surface area contributed by atoms with Gasteiger partial charge in [0.1, 0.15) is 11.5 Å². The maximum absolute atomic E-state index is 14.5. The summed E-state index contributed by atoms with van der Waals surface area (Å²) in [5.74, 6) is -1.13. The highest BCUT2D eigenvalue weighted by molar-refractivity contribution is 6.46. The number of benzene rings is 2. The summed E-state index contributed by atoms with van der Waals surface area (Å²) < 4.78 is 36.3. The highest BCUT2D eigenvalue weighted by atomic mass is 19.1. The van der Waals surface area contributed by atoms with Crippen LogP contribution >= 0.6 is 0 Å². The average Bonchev–Trinajstić information content (AvgIpc) is 3.50. The first-order chi connectivity index (χ1) is 18.2. The molecule has 2 heterocycles. The van der Waals surface area contributed by atoms with E-state index in [9.17, 15) is 19.1 Å². The summed E-state index contributed by atoms with van der Waals surface area (Å²) >= 11 is 0. The number of rotatable bonds is 10. The SMILES string of the molecule is COc1ccc(C(O)=C2C(=O)C(=O)N(Cc3ccco3)[C@@H]2c2ccc(OCCC(C)C)c(OC)c2)cc1F. The summed E-state index contributed by atoms with van der Waals surface area (Å²) in [6, 6.07) is 11.2. The number of halogens is 1. The maximum atomic E-state index is 14.5. The number of aliphatic hydroxyl groups is 1. The molecular formula is C29H30FNO7. The molecule has 200 valence electrons. The number of methoxy groups -OCH3 is 2. The van der Waals surface area contributed by atoms with Crippen molar-refractivity contribution in [2.75, 3.05) is 20.8 Å². The number of furan rings is 1. The Kier molecular flexibility index (Phi) is 8.05. The van der Waals surface area contributed by atoms with Crippen molar-refractivity contribution in [1.29, 1.82) is 0 Å². The molecule has 1 fully saturated rings. The normalized spacial score (nSPS) is 16.8. The Balaban J connectivity index is 1.81. The number of ether oxygens (including phenoxy) is 3. The van der Waals surface area contributed by atoms with E-state index in [1.54, 1.807) is 30.3 Å². The van der Waals surface area contributed by atoms with Gasteiger partial charge in [-0.05, 0) is 60.4 Å². The fourth-order valence-electron chi connectivity index (χ4n) is 4.31. The van der Waals surface area contributed by atoms with Gasteiger partial charge in [0, 0.05) is 5.56 Å². The molecule has 0 spiro atoms. The Hall–Kier alpha value is -4.27. The van der Waals surface area contributed by atoms with E-state index in [2.05, 4.69) is 13.8 Å². The molecular weight excluding hydrogens is 493 g/mol. The van der Waals surface area contributed by atoms with E-state index < -0.39 is 29.3 Å². The maximum Gasteiger partial charge on any atom is 0.296 e. The number of aliphatic hydroxyl groups excluding tert-OH is 1. The average molecular weight is 524 g/mol. The van der Waals surface area contributed by atoms with Gasteiger partial charge >= 0.3 is 0 Å². The van der Waals surface area contributed by atoms with Gasteiger partial charge in [-0.15, -0.1) is 0 Å². The molecule has 0 unspecified atom stereocenters. The van der Waals surface area contributed by atoms with Gasteiger partial charge < -0.3 is 28.6 Å². The van der Waals surface area contributed by atoms with E-state index in [0.717, 1.165) is 12.5 Å². The van der Waals surface area contributed by atoms with E-state index in [0.29, 0.717) is 35.3 Å². The Morgan fingerprint density at radius 2 is 1.79 bits per heavy atom. The van der Waals surface area contributed by atoms with E-state index in [1.165, 1.54) is 37.5 Å². The molecule has 1 atom stereocenters. The fourth-order valence-corrected chi connectivity index (χ4v) is 4.31. The molecule has 0 bridgehead atoms. The molecule has 0 radical (unpaired) electrons. The highest BCUT2D eigenvalue weighted by Gasteiger charge is 2.46. The molecule has 1 aliphatic heterocycles. The van der Waals surface area contributed by atoms with Crippen LogP contribution in [0.3, 0.4) is 0 Å². The zero-order valence-corrected chi connectivity index (χ0v) is 21.7. The van der Waals surface area contributed by atoms with Crippen LogP contribution in [-0.4, -0.2) is 42.5 Å². The smallest absolute Gasteiger partial charge is 0.296 e. The minimum atomic E-state index is -0.996. The second kappa shape index (κ2) is 11.4. The predicted octanol–water partition coefficient (Wildman–Crippen LogP) is 5.48. The van der Waals surface area contributed by atoms with Crippen molar-refractivity contribution in [3.63, 3.8) is 0 Å². The third kappa shape index (κ3) is 5.37. The zero-order chi connectivity index (χ0) is 27.4. The van der Waals surface area contributed by atoms with E-state index in [1.807, 2.05) is 0 Å². The van der Waals surface area contributed by atoms with E-state index >= 15 is 0 Å². The molecule has 0 aliphatic carbocycles. The van der Waals surface area contributed by atoms with Gasteiger partial charge in [0.25, 0.3) is 11.7 Å². The van der Waals surface area contributed by atoms with Crippen LogP contribution in [0.15, 0.2) is 64.8 Å². The van der Waals surface area contributed by atoms with Crippen molar-refractivity contribution in [3.05, 3.63) is 83.1 Å². The summed E-state index contributed by atoms with van der Waals surface area (Å²) in [6.07, 6.45) is 2.32. The van der Waals surface area contributed by atoms with Crippen LogP contribution in [0.1, 0.15) is 43.2 Å². The number of likely N-dealkylation sites (tertiary alicyclic amines) is 1. The Bertz CT molecular complexity index is 1350. The second-order valence-corrected chi connectivity index (χ2v) is 9.30. The molecule has 1 aliphatic rings. The van der Waals surface area contributed by atoms with Crippen LogP contribution in [0.4, 0.5) is 4.39 Å². The van der Waals surface area contributed by atoms with Gasteiger partial charge in [-0.25, -0.2) is 4.39 Å². The standard InChI is InChI=1S/C29H30FNO7/c1-17(2)11-13-38-23-10-7-18(15-24(23)36-4)26-25(27(32)19-8-9-22(35-3)21(30)14-19)28(33)29(34)31(26)16-20-6-5-12-37-20/h5-10,12,14-15,17,26,32H,11,13,16H2,1-4H3/t26-/m1/s1. The van der Waals surface area contributed by atoms with Crippen molar-refractivity contribution in [1.82, 2.24) is 4.90 Å². The fraction of sp³-hybridized carbons (Fsp3) is 0.310. The Labute approximate surface area is 220 Å². The van der Waals surface area contributed by atoms with Crippen molar-refractivity contribution in [2.45, 2.75) is 32.9 Å². The lowest BCUT2D eigenvalue weighted by molar-refractivity contribution is -0.140. The minimum absolute atomic E-state index is 0.0193. The summed E-state index contributed by atoms with van der Waals surface area (Å²) in [4.78, 5) is 27.8. The van der Waals surface area contributed by atoms with Crippen molar-refractivity contribution in [3.8, 4) is 17.2 Å². The van der Waals surface area contributed by atoms with E-state index in [4.69, 9.17) is 18.6 Å². The van der Waals surface area contributed by atoms with Gasteiger partial charge in [-0.3, -0.25) is 9.59 Å². The molecule has 4 rings (SSSR count). The minimum Gasteiger partial charge on any atom is -0.507 e. The first-order valence-corrected chi connectivity index (χ1v) is 12.2. The molecule has 8 nitrogen and oxygen atoms in total. The van der Waals surface area contributed by atoms with Gasteiger partial charge in [-0.2, -0.15) is 0 Å². The number of ketones is 1. The number of amides is 1. The molecule has 3 aromatic rings. The number of carbonyl (C=O) groups excluding carboxylic acids is 2. The lowest BCUT2D eigenvalue weighted by Gasteiger charge is -2.25. The number of hydrogen-bond donors (Lipinski definition) is 1. The largest absolute Gasteiger partial charge is 0.507 e. The van der Waals surface area contributed by atoms with Crippen molar-refractivity contribution in [2.24, 2.45) is 5.92 Å². The van der Waals surface area contributed by atoms with Crippen LogP contribution in [0, 0.1) is 11.7 Å². The number of Topliss-reactive ketones (excluding diaryl/α,β-unsaturated/α-hetero) is 1. The molecule has 1 amide bonds. The summed E-state index contributed by atoms with van der Waals surface area (Å²) in [5.41, 5.74) is 0.353. The van der Waals surface area contributed by atoms with Crippen LogP contribution in [0.2, 0.25) is 0 Å². The second-order valence-electron chi connectivity index (χ2n) is 9.30. The monoisotopic (exact) mass is 523 g/mol.